The molecular formula is C10H13NOS2. The molecule has 0 bridgehead atoms. The first-order valence-electron chi connectivity index (χ1n) is 4.74. The first-order chi connectivity index (χ1) is 6.86. The SMILES string of the molecule is S=C(Cc1cccs1)N1CCOCC1. The van der Waals surface area contributed by atoms with Crippen LogP contribution in [0.25, 0.3) is 0 Å². The van der Waals surface area contributed by atoms with Crippen molar-refractivity contribution in [3.63, 3.8) is 0 Å². The highest BCUT2D eigenvalue weighted by Gasteiger charge is 2.13. The zero-order chi connectivity index (χ0) is 9.80. The molecule has 2 nitrogen and oxygen atoms in total. The van der Waals surface area contributed by atoms with E-state index < -0.39 is 0 Å². The Morgan fingerprint density at radius 3 is 2.93 bits per heavy atom. The van der Waals surface area contributed by atoms with Gasteiger partial charge in [-0.15, -0.1) is 11.3 Å². The first kappa shape index (κ1) is 10.1. The fourth-order valence-electron chi connectivity index (χ4n) is 1.49. The summed E-state index contributed by atoms with van der Waals surface area (Å²) in [4.78, 5) is 4.65. The quantitative estimate of drug-likeness (QED) is 0.717. The summed E-state index contributed by atoms with van der Waals surface area (Å²) in [6, 6.07) is 4.21. The highest BCUT2D eigenvalue weighted by molar-refractivity contribution is 7.80. The molecule has 0 radical (unpaired) electrons. The van der Waals surface area contributed by atoms with Gasteiger partial charge in [-0.25, -0.2) is 0 Å². The van der Waals surface area contributed by atoms with Crippen LogP contribution in [0.1, 0.15) is 4.88 Å². The van der Waals surface area contributed by atoms with Crippen molar-refractivity contribution in [1.29, 1.82) is 0 Å². The van der Waals surface area contributed by atoms with Crippen molar-refractivity contribution in [3.05, 3.63) is 22.4 Å². The summed E-state index contributed by atoms with van der Waals surface area (Å²) in [5, 5.41) is 2.09. The summed E-state index contributed by atoms with van der Waals surface area (Å²) in [6.07, 6.45) is 0.910. The van der Waals surface area contributed by atoms with Crippen LogP contribution in [0.4, 0.5) is 0 Å². The highest BCUT2D eigenvalue weighted by Crippen LogP contribution is 2.12. The number of hydrogen-bond donors (Lipinski definition) is 0. The van der Waals surface area contributed by atoms with Crippen molar-refractivity contribution < 1.29 is 4.74 Å². The Balaban J connectivity index is 1.88. The molecular weight excluding hydrogens is 214 g/mol. The largest absolute Gasteiger partial charge is 0.378 e. The fraction of sp³-hybridized carbons (Fsp3) is 0.500. The minimum atomic E-state index is 0.810. The van der Waals surface area contributed by atoms with E-state index in [1.807, 2.05) is 0 Å². The van der Waals surface area contributed by atoms with E-state index in [-0.39, 0.29) is 0 Å². The molecule has 0 aliphatic carbocycles. The lowest BCUT2D eigenvalue weighted by atomic mass is 10.3. The number of nitrogens with zero attached hydrogens (tertiary/aromatic N) is 1. The number of rotatable bonds is 2. The second-order valence-electron chi connectivity index (χ2n) is 3.25. The summed E-state index contributed by atoms with van der Waals surface area (Å²) in [6.45, 7) is 3.52. The van der Waals surface area contributed by atoms with Crippen molar-refractivity contribution >= 4 is 28.5 Å². The lowest BCUT2D eigenvalue weighted by molar-refractivity contribution is 0.0685. The van der Waals surface area contributed by atoms with Crippen LogP contribution in [0.2, 0.25) is 0 Å². The summed E-state index contributed by atoms with van der Waals surface area (Å²) < 4.78 is 5.29. The lowest BCUT2D eigenvalue weighted by Crippen LogP contribution is -2.40. The van der Waals surface area contributed by atoms with Crippen molar-refractivity contribution in [3.8, 4) is 0 Å². The molecule has 1 aromatic heterocycles. The van der Waals surface area contributed by atoms with E-state index in [1.54, 1.807) is 11.3 Å². The maximum absolute atomic E-state index is 5.40. The third-order valence-electron chi connectivity index (χ3n) is 2.27. The van der Waals surface area contributed by atoms with Crippen LogP contribution in [0, 0.1) is 0 Å². The molecule has 76 valence electrons. The van der Waals surface area contributed by atoms with Gasteiger partial charge < -0.3 is 9.64 Å². The van der Waals surface area contributed by atoms with Gasteiger partial charge in [0.25, 0.3) is 0 Å². The average Bonchev–Trinajstić information content (AvgIpc) is 2.72. The number of thiocarbonyl (C=S) groups is 1. The summed E-state index contributed by atoms with van der Waals surface area (Å²) in [5.74, 6) is 0. The van der Waals surface area contributed by atoms with Gasteiger partial charge in [0.2, 0.25) is 0 Å². The second kappa shape index (κ2) is 4.87. The zero-order valence-electron chi connectivity index (χ0n) is 7.94. The molecule has 1 saturated heterocycles. The van der Waals surface area contributed by atoms with Crippen LogP contribution in [-0.2, 0) is 11.2 Å². The van der Waals surface area contributed by atoms with Crippen molar-refractivity contribution in [2.24, 2.45) is 0 Å². The van der Waals surface area contributed by atoms with Gasteiger partial charge in [-0.1, -0.05) is 18.3 Å². The Morgan fingerprint density at radius 1 is 1.50 bits per heavy atom. The second-order valence-corrected chi connectivity index (χ2v) is 4.75. The third kappa shape index (κ3) is 2.53. The predicted molar refractivity (Wildman–Crippen MR) is 63.0 cm³/mol. The Hall–Kier alpha value is -0.450. The van der Waals surface area contributed by atoms with Crippen molar-refractivity contribution in [2.45, 2.75) is 6.42 Å². The Bertz CT molecular complexity index is 291. The van der Waals surface area contributed by atoms with Gasteiger partial charge in [-0.05, 0) is 11.4 Å². The van der Waals surface area contributed by atoms with Gasteiger partial charge in [-0.3, -0.25) is 0 Å². The molecule has 0 spiro atoms. The Labute approximate surface area is 93.5 Å². The number of hydrogen-bond acceptors (Lipinski definition) is 3. The normalized spacial score (nSPS) is 17.0. The number of ether oxygens (including phenoxy) is 1. The summed E-state index contributed by atoms with van der Waals surface area (Å²) in [5.41, 5.74) is 0. The molecule has 1 aliphatic heterocycles. The Morgan fingerprint density at radius 2 is 2.29 bits per heavy atom. The molecule has 0 aromatic carbocycles. The van der Waals surface area contributed by atoms with E-state index in [2.05, 4.69) is 22.4 Å². The molecule has 2 heterocycles. The molecule has 14 heavy (non-hydrogen) atoms. The Kier molecular flexibility index (Phi) is 3.50. The molecule has 0 atom stereocenters. The maximum atomic E-state index is 5.40. The molecule has 0 amide bonds. The van der Waals surface area contributed by atoms with Gasteiger partial charge >= 0.3 is 0 Å². The maximum Gasteiger partial charge on any atom is 0.0833 e. The molecule has 1 aliphatic rings. The summed E-state index contributed by atoms with van der Waals surface area (Å²) >= 11 is 7.17. The summed E-state index contributed by atoms with van der Waals surface area (Å²) in [7, 11) is 0. The van der Waals surface area contributed by atoms with Gasteiger partial charge in [0, 0.05) is 24.4 Å². The number of thiophene rings is 1. The molecule has 0 N–H and O–H groups in total. The van der Waals surface area contributed by atoms with Gasteiger partial charge in [0.1, 0.15) is 0 Å². The van der Waals surface area contributed by atoms with Crippen molar-refractivity contribution in [2.75, 3.05) is 26.3 Å². The van der Waals surface area contributed by atoms with E-state index in [0.29, 0.717) is 0 Å². The zero-order valence-corrected chi connectivity index (χ0v) is 9.57. The molecule has 0 saturated carbocycles. The van der Waals surface area contributed by atoms with Crippen LogP contribution >= 0.6 is 23.6 Å². The highest BCUT2D eigenvalue weighted by atomic mass is 32.1. The lowest BCUT2D eigenvalue weighted by Gasteiger charge is -2.28. The smallest absolute Gasteiger partial charge is 0.0833 e. The van der Waals surface area contributed by atoms with Gasteiger partial charge in [-0.2, -0.15) is 0 Å². The van der Waals surface area contributed by atoms with E-state index >= 15 is 0 Å². The van der Waals surface area contributed by atoms with Crippen LogP contribution in [0.15, 0.2) is 17.5 Å². The van der Waals surface area contributed by atoms with Gasteiger partial charge in [0.15, 0.2) is 0 Å². The van der Waals surface area contributed by atoms with E-state index in [1.165, 1.54) is 4.88 Å². The van der Waals surface area contributed by atoms with Crippen molar-refractivity contribution in [1.82, 2.24) is 4.90 Å². The molecule has 1 fully saturated rings. The number of morpholine rings is 1. The van der Waals surface area contributed by atoms with Crippen LogP contribution < -0.4 is 0 Å². The molecule has 1 aromatic rings. The van der Waals surface area contributed by atoms with E-state index in [9.17, 15) is 0 Å². The third-order valence-corrected chi connectivity index (χ3v) is 3.55. The topological polar surface area (TPSA) is 12.5 Å². The monoisotopic (exact) mass is 227 g/mol. The first-order valence-corrected chi connectivity index (χ1v) is 6.03. The van der Waals surface area contributed by atoms with E-state index in [0.717, 1.165) is 37.7 Å². The van der Waals surface area contributed by atoms with Gasteiger partial charge in [0.05, 0.1) is 18.2 Å². The predicted octanol–water partition coefficient (Wildman–Crippen LogP) is 1.95. The minimum absolute atomic E-state index is 0.810. The van der Waals surface area contributed by atoms with Crippen LogP contribution in [-0.4, -0.2) is 36.2 Å². The standard InChI is InChI=1S/C10H13NOS2/c13-10(8-9-2-1-7-14-9)11-3-5-12-6-4-11/h1-2,7H,3-6,8H2. The average molecular weight is 227 g/mol. The van der Waals surface area contributed by atoms with Crippen LogP contribution in [0.3, 0.4) is 0 Å². The molecule has 4 heteroatoms. The molecule has 0 unspecified atom stereocenters. The minimum Gasteiger partial charge on any atom is -0.378 e. The fourth-order valence-corrected chi connectivity index (χ4v) is 2.63. The van der Waals surface area contributed by atoms with E-state index in [4.69, 9.17) is 17.0 Å². The molecule has 2 rings (SSSR count). The van der Waals surface area contributed by atoms with Crippen LogP contribution in [0.5, 0.6) is 0 Å².